The smallest absolute Gasteiger partial charge is 0.117 e. The number of nitrogens with zero attached hydrogens (tertiary/aromatic N) is 2. The van der Waals surface area contributed by atoms with E-state index in [1.54, 1.807) is 22.7 Å². The number of aromatic nitrogens is 2. The molecule has 0 aliphatic heterocycles. The lowest BCUT2D eigenvalue weighted by Gasteiger charge is -1.94. The van der Waals surface area contributed by atoms with Gasteiger partial charge in [-0.05, 0) is 15.9 Å². The minimum absolute atomic E-state index is 0.813. The highest BCUT2D eigenvalue weighted by Gasteiger charge is 2.07. The van der Waals surface area contributed by atoms with Crippen LogP contribution in [-0.2, 0) is 6.42 Å². The van der Waals surface area contributed by atoms with Gasteiger partial charge in [0.05, 0.1) is 12.1 Å². The fourth-order valence-electron chi connectivity index (χ4n) is 1.63. The van der Waals surface area contributed by atoms with Crippen LogP contribution in [0.5, 0.6) is 0 Å². The van der Waals surface area contributed by atoms with Gasteiger partial charge >= 0.3 is 0 Å². The number of hydrogen-bond acceptors (Lipinski definition) is 4. The molecule has 0 saturated heterocycles. The molecule has 0 fully saturated rings. The van der Waals surface area contributed by atoms with E-state index >= 15 is 0 Å². The summed E-state index contributed by atoms with van der Waals surface area (Å²) in [7, 11) is 0. The van der Waals surface area contributed by atoms with E-state index in [2.05, 4.69) is 43.4 Å². The lowest BCUT2D eigenvalue weighted by atomic mass is 10.2. The van der Waals surface area contributed by atoms with Crippen molar-refractivity contribution in [1.29, 1.82) is 0 Å². The molecule has 2 nitrogen and oxygen atoms in total. The number of thiazole rings is 2. The zero-order valence-electron chi connectivity index (χ0n) is 9.34. The van der Waals surface area contributed by atoms with Gasteiger partial charge in [-0.25, -0.2) is 9.97 Å². The number of halogens is 1. The number of hydrogen-bond donors (Lipinski definition) is 0. The Labute approximate surface area is 121 Å². The molecule has 0 atom stereocenters. The van der Waals surface area contributed by atoms with Crippen molar-refractivity contribution in [2.24, 2.45) is 0 Å². The van der Waals surface area contributed by atoms with E-state index in [0.717, 1.165) is 26.7 Å². The fraction of sp³-hybridized carbons (Fsp3) is 0.0769. The van der Waals surface area contributed by atoms with Crippen molar-refractivity contribution in [3.05, 3.63) is 55.7 Å². The van der Waals surface area contributed by atoms with Crippen molar-refractivity contribution in [2.45, 2.75) is 6.42 Å². The molecule has 5 heteroatoms. The molecule has 2 heterocycles. The Kier molecular flexibility index (Phi) is 3.54. The van der Waals surface area contributed by atoms with Crippen molar-refractivity contribution in [2.75, 3.05) is 0 Å². The standard InChI is InChI=1S/C13H9BrN2S2/c14-11-8-18-13(16-11)6-12-15-10(7-17-12)9-4-2-1-3-5-9/h1-5,7-8H,6H2. The van der Waals surface area contributed by atoms with Crippen LogP contribution in [0.2, 0.25) is 0 Å². The van der Waals surface area contributed by atoms with Gasteiger partial charge < -0.3 is 0 Å². The maximum absolute atomic E-state index is 4.65. The van der Waals surface area contributed by atoms with Gasteiger partial charge in [-0.2, -0.15) is 0 Å². The normalized spacial score (nSPS) is 10.7. The van der Waals surface area contributed by atoms with E-state index in [1.807, 2.05) is 23.6 Å². The van der Waals surface area contributed by atoms with Gasteiger partial charge in [-0.15, -0.1) is 22.7 Å². The summed E-state index contributed by atoms with van der Waals surface area (Å²) < 4.78 is 0.905. The molecule has 0 radical (unpaired) electrons. The Balaban J connectivity index is 1.82. The minimum Gasteiger partial charge on any atom is -0.241 e. The first kappa shape index (κ1) is 12.0. The molecule has 0 saturated carbocycles. The van der Waals surface area contributed by atoms with Gasteiger partial charge in [0.1, 0.15) is 14.6 Å². The van der Waals surface area contributed by atoms with Crippen molar-refractivity contribution in [1.82, 2.24) is 9.97 Å². The van der Waals surface area contributed by atoms with Gasteiger partial charge in [0.15, 0.2) is 0 Å². The zero-order chi connectivity index (χ0) is 12.4. The maximum Gasteiger partial charge on any atom is 0.117 e. The van der Waals surface area contributed by atoms with Gasteiger partial charge in [0.2, 0.25) is 0 Å². The average molecular weight is 337 g/mol. The molecular weight excluding hydrogens is 328 g/mol. The monoisotopic (exact) mass is 336 g/mol. The fourth-order valence-corrected chi connectivity index (χ4v) is 3.80. The highest BCUT2D eigenvalue weighted by atomic mass is 79.9. The molecule has 0 unspecified atom stereocenters. The average Bonchev–Trinajstić information content (AvgIpc) is 3.01. The predicted octanol–water partition coefficient (Wildman–Crippen LogP) is 4.62. The van der Waals surface area contributed by atoms with Crippen molar-refractivity contribution in [3.63, 3.8) is 0 Å². The topological polar surface area (TPSA) is 25.8 Å². The maximum atomic E-state index is 4.65. The SMILES string of the molecule is Brc1csc(Cc2nc(-c3ccccc3)cs2)n1. The lowest BCUT2D eigenvalue weighted by Crippen LogP contribution is -1.86. The van der Waals surface area contributed by atoms with E-state index in [1.165, 1.54) is 5.56 Å². The molecule has 90 valence electrons. The van der Waals surface area contributed by atoms with Crippen LogP contribution < -0.4 is 0 Å². The third-order valence-electron chi connectivity index (χ3n) is 2.45. The Morgan fingerprint density at radius 2 is 1.67 bits per heavy atom. The number of benzene rings is 1. The van der Waals surface area contributed by atoms with E-state index in [4.69, 9.17) is 0 Å². The summed E-state index contributed by atoms with van der Waals surface area (Å²) in [5.41, 5.74) is 2.21. The first-order valence-electron chi connectivity index (χ1n) is 5.41. The minimum atomic E-state index is 0.813. The molecule has 0 aliphatic carbocycles. The first-order chi connectivity index (χ1) is 8.81. The van der Waals surface area contributed by atoms with Crippen LogP contribution in [0, 0.1) is 0 Å². The molecule has 3 rings (SSSR count). The van der Waals surface area contributed by atoms with E-state index in [9.17, 15) is 0 Å². The largest absolute Gasteiger partial charge is 0.241 e. The van der Waals surface area contributed by atoms with Crippen LogP contribution >= 0.6 is 38.6 Å². The second kappa shape index (κ2) is 5.30. The molecule has 0 amide bonds. The second-order valence-corrected chi connectivity index (χ2v) is 6.43. The molecular formula is C13H9BrN2S2. The highest BCUT2D eigenvalue weighted by molar-refractivity contribution is 9.10. The van der Waals surface area contributed by atoms with Gasteiger partial charge in [0.25, 0.3) is 0 Å². The molecule has 0 spiro atoms. The van der Waals surface area contributed by atoms with Crippen molar-refractivity contribution in [3.8, 4) is 11.3 Å². The second-order valence-electron chi connectivity index (χ2n) is 3.73. The molecule has 2 aromatic heterocycles. The lowest BCUT2D eigenvalue weighted by molar-refractivity contribution is 1.09. The third kappa shape index (κ3) is 2.68. The summed E-state index contributed by atoms with van der Waals surface area (Å²) in [5.74, 6) is 0. The van der Waals surface area contributed by atoms with Crippen molar-refractivity contribution < 1.29 is 0 Å². The van der Waals surface area contributed by atoms with Crippen LogP contribution in [0.1, 0.15) is 10.0 Å². The van der Waals surface area contributed by atoms with Crippen LogP contribution in [-0.4, -0.2) is 9.97 Å². The molecule has 18 heavy (non-hydrogen) atoms. The molecule has 1 aromatic carbocycles. The Morgan fingerprint density at radius 1 is 0.944 bits per heavy atom. The summed E-state index contributed by atoms with van der Waals surface area (Å²) in [4.78, 5) is 9.04. The zero-order valence-corrected chi connectivity index (χ0v) is 12.6. The Bertz CT molecular complexity index is 646. The van der Waals surface area contributed by atoms with Gasteiger partial charge in [-0.3, -0.25) is 0 Å². The predicted molar refractivity (Wildman–Crippen MR) is 80.2 cm³/mol. The quantitative estimate of drug-likeness (QED) is 0.697. The summed E-state index contributed by atoms with van der Waals surface area (Å²) in [5, 5.41) is 6.31. The molecule has 0 aliphatic rings. The Morgan fingerprint density at radius 3 is 2.39 bits per heavy atom. The summed E-state index contributed by atoms with van der Waals surface area (Å²) in [6.07, 6.45) is 0.813. The van der Waals surface area contributed by atoms with Crippen molar-refractivity contribution >= 4 is 38.6 Å². The highest BCUT2D eigenvalue weighted by Crippen LogP contribution is 2.24. The molecule has 0 N–H and O–H groups in total. The molecule has 0 bridgehead atoms. The van der Waals surface area contributed by atoms with E-state index in [0.29, 0.717) is 0 Å². The third-order valence-corrected chi connectivity index (χ3v) is 4.85. The number of rotatable bonds is 3. The van der Waals surface area contributed by atoms with Crippen LogP contribution in [0.25, 0.3) is 11.3 Å². The summed E-state index contributed by atoms with van der Waals surface area (Å²) in [6.45, 7) is 0. The van der Waals surface area contributed by atoms with Crippen LogP contribution in [0.4, 0.5) is 0 Å². The van der Waals surface area contributed by atoms with Crippen LogP contribution in [0.15, 0.2) is 45.7 Å². The summed E-state index contributed by atoms with van der Waals surface area (Å²) >= 11 is 6.72. The first-order valence-corrected chi connectivity index (χ1v) is 7.96. The van der Waals surface area contributed by atoms with Gasteiger partial charge in [-0.1, -0.05) is 30.3 Å². The van der Waals surface area contributed by atoms with E-state index < -0.39 is 0 Å². The van der Waals surface area contributed by atoms with Crippen LogP contribution in [0.3, 0.4) is 0 Å². The van der Waals surface area contributed by atoms with Gasteiger partial charge in [0, 0.05) is 16.3 Å². The molecule has 3 aromatic rings. The Hall–Kier alpha value is -1.04. The van der Waals surface area contributed by atoms with E-state index in [-0.39, 0.29) is 0 Å². The summed E-state index contributed by atoms with van der Waals surface area (Å²) in [6, 6.07) is 10.3.